The van der Waals surface area contributed by atoms with Crippen LogP contribution >= 0.6 is 12.6 Å². The lowest BCUT2D eigenvalue weighted by Crippen LogP contribution is -2.33. The first kappa shape index (κ1) is 19.3. The van der Waals surface area contributed by atoms with E-state index in [-0.39, 0.29) is 18.0 Å². The van der Waals surface area contributed by atoms with Crippen molar-refractivity contribution in [3.8, 4) is 0 Å². The molecule has 0 aromatic heterocycles. The summed E-state index contributed by atoms with van der Waals surface area (Å²) in [5.41, 5.74) is 0. The van der Waals surface area contributed by atoms with Crippen LogP contribution in [0.25, 0.3) is 0 Å². The topological polar surface area (TPSA) is 73.9 Å². The number of hydrogen-bond donors (Lipinski definition) is 2. The Bertz CT molecular complexity index is 332. The smallest absolute Gasteiger partial charge is 0.407 e. The first-order valence-corrected chi connectivity index (χ1v) is 8.37. The fourth-order valence-electron chi connectivity index (χ4n) is 2.12. The van der Waals surface area contributed by atoms with Crippen molar-refractivity contribution in [3.63, 3.8) is 0 Å². The molecule has 128 valence electrons. The van der Waals surface area contributed by atoms with Gasteiger partial charge in [-0.15, -0.1) is 0 Å². The minimum Gasteiger partial charge on any atom is -0.446 e. The number of ether oxygens (including phenoxy) is 3. The van der Waals surface area contributed by atoms with Crippen molar-refractivity contribution in [2.45, 2.75) is 50.4 Å². The molecule has 0 saturated heterocycles. The second kappa shape index (κ2) is 11.7. The van der Waals surface area contributed by atoms with Crippen LogP contribution < -0.4 is 5.32 Å². The van der Waals surface area contributed by atoms with E-state index in [0.717, 1.165) is 25.7 Å². The van der Waals surface area contributed by atoms with E-state index in [0.29, 0.717) is 44.6 Å². The molecule has 1 aliphatic carbocycles. The van der Waals surface area contributed by atoms with Gasteiger partial charge >= 0.3 is 6.09 Å². The van der Waals surface area contributed by atoms with Crippen molar-refractivity contribution in [2.75, 3.05) is 33.0 Å². The summed E-state index contributed by atoms with van der Waals surface area (Å²) in [6, 6.07) is 0. The van der Waals surface area contributed by atoms with Crippen molar-refractivity contribution >= 4 is 24.5 Å². The molecule has 1 rings (SSSR count). The lowest BCUT2D eigenvalue weighted by molar-refractivity contribution is -0.118. The van der Waals surface area contributed by atoms with Gasteiger partial charge in [-0.1, -0.05) is 0 Å². The van der Waals surface area contributed by atoms with Crippen LogP contribution in [-0.4, -0.2) is 56.2 Å². The standard InChI is InChI=1S/C15H27NO5S/c1-12(17)6-8-19-10-11-20-9-7-16-15(18)21-13-2-4-14(22)5-3-13/h13-14,22H,2-11H2,1H3,(H,16,18). The van der Waals surface area contributed by atoms with Crippen molar-refractivity contribution in [1.29, 1.82) is 0 Å². The summed E-state index contributed by atoms with van der Waals surface area (Å²) < 4.78 is 15.8. The van der Waals surface area contributed by atoms with E-state index >= 15 is 0 Å². The van der Waals surface area contributed by atoms with Crippen LogP contribution in [0.5, 0.6) is 0 Å². The maximum absolute atomic E-state index is 11.6. The van der Waals surface area contributed by atoms with Gasteiger partial charge in [0.1, 0.15) is 11.9 Å². The second-order valence-electron chi connectivity index (χ2n) is 5.44. The fourth-order valence-corrected chi connectivity index (χ4v) is 2.42. The number of carbonyl (C=O) groups is 2. The van der Waals surface area contributed by atoms with Gasteiger partial charge in [0.15, 0.2) is 0 Å². The summed E-state index contributed by atoms with van der Waals surface area (Å²) in [7, 11) is 0. The zero-order valence-electron chi connectivity index (χ0n) is 13.2. The molecule has 0 aromatic carbocycles. The van der Waals surface area contributed by atoms with Crippen LogP contribution in [0.4, 0.5) is 4.79 Å². The molecule has 1 fully saturated rings. The van der Waals surface area contributed by atoms with Crippen LogP contribution in [0, 0.1) is 0 Å². The van der Waals surface area contributed by atoms with E-state index in [4.69, 9.17) is 14.2 Å². The second-order valence-corrected chi connectivity index (χ2v) is 6.17. The fraction of sp³-hybridized carbons (Fsp3) is 0.867. The Hall–Kier alpha value is -0.790. The maximum atomic E-state index is 11.6. The Morgan fingerprint density at radius 3 is 2.32 bits per heavy atom. The third-order valence-corrected chi connectivity index (χ3v) is 3.92. The third kappa shape index (κ3) is 10.0. The molecule has 0 heterocycles. The number of ketones is 1. The number of thiol groups is 1. The van der Waals surface area contributed by atoms with Crippen LogP contribution in [0.1, 0.15) is 39.0 Å². The van der Waals surface area contributed by atoms with Crippen molar-refractivity contribution < 1.29 is 23.8 Å². The maximum Gasteiger partial charge on any atom is 0.407 e. The SMILES string of the molecule is CC(=O)CCOCCOCCNC(=O)OC1CCC(S)CC1. The number of rotatable bonds is 10. The lowest BCUT2D eigenvalue weighted by Gasteiger charge is -2.25. The van der Waals surface area contributed by atoms with Gasteiger partial charge in [0.2, 0.25) is 0 Å². The molecule has 0 aliphatic heterocycles. The lowest BCUT2D eigenvalue weighted by atomic mass is 9.97. The highest BCUT2D eigenvalue weighted by atomic mass is 32.1. The van der Waals surface area contributed by atoms with E-state index < -0.39 is 0 Å². The van der Waals surface area contributed by atoms with Crippen molar-refractivity contribution in [2.24, 2.45) is 0 Å². The molecule has 0 radical (unpaired) electrons. The van der Waals surface area contributed by atoms with Gasteiger partial charge in [-0.2, -0.15) is 12.6 Å². The molecule has 1 N–H and O–H groups in total. The van der Waals surface area contributed by atoms with Gasteiger partial charge in [-0.3, -0.25) is 4.79 Å². The first-order chi connectivity index (χ1) is 10.6. The number of hydrogen-bond acceptors (Lipinski definition) is 6. The predicted molar refractivity (Wildman–Crippen MR) is 86.4 cm³/mol. The van der Waals surface area contributed by atoms with Crippen LogP contribution in [0.3, 0.4) is 0 Å². The molecule has 22 heavy (non-hydrogen) atoms. The first-order valence-electron chi connectivity index (χ1n) is 7.85. The largest absolute Gasteiger partial charge is 0.446 e. The minimum absolute atomic E-state index is 0.0130. The number of nitrogens with one attached hydrogen (secondary N) is 1. The Labute approximate surface area is 137 Å². The predicted octanol–water partition coefficient (Wildman–Crippen LogP) is 1.97. The van der Waals surface area contributed by atoms with Gasteiger partial charge in [-0.25, -0.2) is 4.79 Å². The summed E-state index contributed by atoms with van der Waals surface area (Å²) in [4.78, 5) is 22.2. The molecular formula is C15H27NO5S. The monoisotopic (exact) mass is 333 g/mol. The third-order valence-electron chi connectivity index (χ3n) is 3.40. The molecule has 7 heteroatoms. The van der Waals surface area contributed by atoms with E-state index in [1.54, 1.807) is 0 Å². The zero-order chi connectivity index (χ0) is 16.2. The van der Waals surface area contributed by atoms with E-state index in [1.165, 1.54) is 6.92 Å². The number of carbonyl (C=O) groups excluding carboxylic acids is 2. The number of alkyl carbamates (subject to hydrolysis) is 1. The van der Waals surface area contributed by atoms with Gasteiger partial charge in [0, 0.05) is 18.2 Å². The highest BCUT2D eigenvalue weighted by Crippen LogP contribution is 2.24. The molecule has 0 aromatic rings. The van der Waals surface area contributed by atoms with Crippen LogP contribution in [-0.2, 0) is 19.0 Å². The summed E-state index contributed by atoms with van der Waals surface area (Å²) in [6.07, 6.45) is 3.82. The summed E-state index contributed by atoms with van der Waals surface area (Å²) >= 11 is 4.41. The molecule has 0 unspecified atom stereocenters. The van der Waals surface area contributed by atoms with Gasteiger partial charge in [0.25, 0.3) is 0 Å². The average molecular weight is 333 g/mol. The van der Waals surface area contributed by atoms with Gasteiger partial charge < -0.3 is 19.5 Å². The molecule has 6 nitrogen and oxygen atoms in total. The van der Waals surface area contributed by atoms with Crippen molar-refractivity contribution in [1.82, 2.24) is 5.32 Å². The summed E-state index contributed by atoms with van der Waals surface area (Å²) in [5.74, 6) is 0.117. The quantitative estimate of drug-likeness (QED) is 0.472. The highest BCUT2D eigenvalue weighted by Gasteiger charge is 2.21. The van der Waals surface area contributed by atoms with Crippen molar-refractivity contribution in [3.05, 3.63) is 0 Å². The molecule has 1 amide bonds. The highest BCUT2D eigenvalue weighted by molar-refractivity contribution is 7.80. The molecule has 1 saturated carbocycles. The summed E-state index contributed by atoms with van der Waals surface area (Å²) in [5, 5.41) is 3.11. The Morgan fingerprint density at radius 1 is 1.05 bits per heavy atom. The van der Waals surface area contributed by atoms with E-state index in [2.05, 4.69) is 17.9 Å². The molecule has 1 aliphatic rings. The zero-order valence-corrected chi connectivity index (χ0v) is 14.1. The number of amides is 1. The molecule has 0 spiro atoms. The Kier molecular flexibility index (Phi) is 10.3. The van der Waals surface area contributed by atoms with Crippen LogP contribution in [0.2, 0.25) is 0 Å². The van der Waals surface area contributed by atoms with E-state index in [9.17, 15) is 9.59 Å². The van der Waals surface area contributed by atoms with Crippen LogP contribution in [0.15, 0.2) is 0 Å². The molecular weight excluding hydrogens is 306 g/mol. The Morgan fingerprint density at radius 2 is 1.68 bits per heavy atom. The normalized spacial score (nSPS) is 21.4. The number of Topliss-reactive ketones (excluding diaryl/α,β-unsaturated/α-hetero) is 1. The summed E-state index contributed by atoms with van der Waals surface area (Å²) in [6.45, 7) is 3.68. The van der Waals surface area contributed by atoms with Gasteiger partial charge in [0.05, 0.1) is 26.4 Å². The van der Waals surface area contributed by atoms with E-state index in [1.807, 2.05) is 0 Å². The average Bonchev–Trinajstić information content (AvgIpc) is 2.47. The molecule has 0 atom stereocenters. The Balaban J connectivity index is 1.87. The minimum atomic E-state index is -0.385. The molecule has 0 bridgehead atoms. The van der Waals surface area contributed by atoms with Gasteiger partial charge in [-0.05, 0) is 32.6 Å².